The minimum atomic E-state index is -0.164. The minimum absolute atomic E-state index is 0.164. The number of carbonyl (C=O) groups is 1. The molecule has 0 spiro atoms. The maximum Gasteiger partial charge on any atom is 0.265 e. The predicted octanol–water partition coefficient (Wildman–Crippen LogP) is 3.81. The molecule has 0 aliphatic rings. The molecule has 0 bridgehead atoms. The molecular formula is C18H17N3O2. The molecule has 0 fully saturated rings. The third-order valence-electron chi connectivity index (χ3n) is 3.38. The van der Waals surface area contributed by atoms with Crippen molar-refractivity contribution in [1.82, 2.24) is 9.55 Å². The van der Waals surface area contributed by atoms with E-state index in [1.807, 2.05) is 49.4 Å². The average Bonchev–Trinajstić information content (AvgIpc) is 2.93. The first-order chi connectivity index (χ1) is 11.2. The molecule has 0 aliphatic heterocycles. The van der Waals surface area contributed by atoms with E-state index < -0.39 is 0 Å². The van der Waals surface area contributed by atoms with Crippen molar-refractivity contribution < 1.29 is 9.53 Å². The number of aliphatic imine (C=N–C) groups is 1. The van der Waals surface area contributed by atoms with E-state index in [1.54, 1.807) is 19.1 Å². The monoisotopic (exact) mass is 307 g/mol. The fraction of sp³-hybridized carbons (Fsp3) is 0.167. The Morgan fingerprint density at radius 2 is 1.83 bits per heavy atom. The Hall–Kier alpha value is -2.95. The van der Waals surface area contributed by atoms with E-state index in [-0.39, 0.29) is 5.91 Å². The first kappa shape index (κ1) is 15.0. The molecule has 2 aromatic carbocycles. The molecule has 5 heteroatoms. The quantitative estimate of drug-likeness (QED) is 0.546. The number of hydrogen-bond donors (Lipinski definition) is 0. The van der Waals surface area contributed by atoms with E-state index in [2.05, 4.69) is 9.98 Å². The molecule has 0 saturated heterocycles. The molecule has 0 N–H and O–H groups in total. The van der Waals surface area contributed by atoms with Crippen molar-refractivity contribution in [3.63, 3.8) is 0 Å². The Morgan fingerprint density at radius 3 is 2.57 bits per heavy atom. The summed E-state index contributed by atoms with van der Waals surface area (Å²) in [6, 6.07) is 16.6. The van der Waals surface area contributed by atoms with Crippen LogP contribution in [0.3, 0.4) is 0 Å². The normalized spacial score (nSPS) is 11.7. The van der Waals surface area contributed by atoms with Crippen molar-refractivity contribution in [2.45, 2.75) is 13.8 Å². The van der Waals surface area contributed by atoms with E-state index in [9.17, 15) is 4.79 Å². The standard InChI is InChI=1S/C18H17N3O2/c1-3-23-13(2)19-18-20-15-11-7-8-12-16(15)21(18)17(22)14-9-5-4-6-10-14/h4-12H,3H2,1-2H3/b19-13+. The molecule has 3 aromatic rings. The number of nitrogens with zero attached hydrogens (tertiary/aromatic N) is 3. The van der Waals surface area contributed by atoms with Crippen molar-refractivity contribution in [3.05, 3.63) is 60.2 Å². The first-order valence-corrected chi connectivity index (χ1v) is 7.46. The van der Waals surface area contributed by atoms with Gasteiger partial charge >= 0.3 is 0 Å². The van der Waals surface area contributed by atoms with Gasteiger partial charge in [-0.2, -0.15) is 4.99 Å². The third kappa shape index (κ3) is 2.99. The summed E-state index contributed by atoms with van der Waals surface area (Å²) in [6.45, 7) is 4.15. The third-order valence-corrected chi connectivity index (χ3v) is 3.38. The Kier molecular flexibility index (Phi) is 4.19. The second-order valence-electron chi connectivity index (χ2n) is 4.97. The van der Waals surface area contributed by atoms with Crippen LogP contribution >= 0.6 is 0 Å². The molecule has 1 heterocycles. The summed E-state index contributed by atoms with van der Waals surface area (Å²) in [7, 11) is 0. The van der Waals surface area contributed by atoms with Crippen molar-refractivity contribution >= 4 is 28.8 Å². The Morgan fingerprint density at radius 1 is 1.13 bits per heavy atom. The summed E-state index contributed by atoms with van der Waals surface area (Å²) in [4.78, 5) is 21.7. The number of ether oxygens (including phenoxy) is 1. The van der Waals surface area contributed by atoms with E-state index in [4.69, 9.17) is 4.74 Å². The lowest BCUT2D eigenvalue weighted by Gasteiger charge is -2.06. The first-order valence-electron chi connectivity index (χ1n) is 7.46. The summed E-state index contributed by atoms with van der Waals surface area (Å²) in [5.41, 5.74) is 2.03. The summed E-state index contributed by atoms with van der Waals surface area (Å²) < 4.78 is 6.89. The number of carbonyl (C=O) groups excluding carboxylic acids is 1. The van der Waals surface area contributed by atoms with Gasteiger partial charge in [-0.15, -0.1) is 0 Å². The van der Waals surface area contributed by atoms with Crippen LogP contribution in [-0.2, 0) is 4.74 Å². The zero-order valence-corrected chi connectivity index (χ0v) is 13.1. The van der Waals surface area contributed by atoms with Gasteiger partial charge in [0.1, 0.15) is 0 Å². The number of hydrogen-bond acceptors (Lipinski definition) is 4. The molecule has 116 valence electrons. The lowest BCUT2D eigenvalue weighted by molar-refractivity contribution is 0.0966. The largest absolute Gasteiger partial charge is 0.481 e. The highest BCUT2D eigenvalue weighted by Crippen LogP contribution is 2.23. The van der Waals surface area contributed by atoms with Gasteiger partial charge in [0.25, 0.3) is 5.91 Å². The molecule has 0 saturated carbocycles. The van der Waals surface area contributed by atoms with Gasteiger partial charge in [-0.25, -0.2) is 9.55 Å². The topological polar surface area (TPSA) is 56.5 Å². The number of benzene rings is 2. The van der Waals surface area contributed by atoms with Crippen molar-refractivity contribution in [2.24, 2.45) is 4.99 Å². The Labute approximate surface area is 134 Å². The van der Waals surface area contributed by atoms with Crippen LogP contribution in [-0.4, -0.2) is 28.0 Å². The zero-order chi connectivity index (χ0) is 16.2. The van der Waals surface area contributed by atoms with E-state index in [0.717, 1.165) is 11.0 Å². The van der Waals surface area contributed by atoms with Crippen LogP contribution in [0, 0.1) is 0 Å². The van der Waals surface area contributed by atoms with Crippen molar-refractivity contribution in [1.29, 1.82) is 0 Å². The maximum absolute atomic E-state index is 12.9. The Balaban J connectivity index is 2.17. The molecular weight excluding hydrogens is 290 g/mol. The van der Waals surface area contributed by atoms with Crippen molar-refractivity contribution in [3.8, 4) is 0 Å². The van der Waals surface area contributed by atoms with Crippen molar-refractivity contribution in [2.75, 3.05) is 6.61 Å². The van der Waals surface area contributed by atoms with Crippen LogP contribution in [0.2, 0.25) is 0 Å². The fourth-order valence-corrected chi connectivity index (χ4v) is 2.38. The second kappa shape index (κ2) is 6.44. The maximum atomic E-state index is 12.9. The molecule has 0 atom stereocenters. The summed E-state index contributed by atoms with van der Waals surface area (Å²) in [5.74, 6) is 0.637. The number of fused-ring (bicyclic) bond motifs is 1. The lowest BCUT2D eigenvalue weighted by Crippen LogP contribution is -2.12. The van der Waals surface area contributed by atoms with Gasteiger partial charge in [0.15, 0.2) is 5.90 Å². The minimum Gasteiger partial charge on any atom is -0.481 e. The smallest absolute Gasteiger partial charge is 0.265 e. The molecule has 5 nitrogen and oxygen atoms in total. The fourth-order valence-electron chi connectivity index (χ4n) is 2.38. The van der Waals surface area contributed by atoms with Gasteiger partial charge in [0, 0.05) is 12.5 Å². The highest BCUT2D eigenvalue weighted by atomic mass is 16.5. The molecule has 0 aliphatic carbocycles. The molecule has 0 unspecified atom stereocenters. The van der Waals surface area contributed by atoms with Gasteiger partial charge in [-0.3, -0.25) is 4.79 Å². The Bertz CT molecular complexity index is 866. The lowest BCUT2D eigenvalue weighted by atomic mass is 10.2. The summed E-state index contributed by atoms with van der Waals surface area (Å²) in [5, 5.41) is 0. The van der Waals surface area contributed by atoms with Crippen LogP contribution < -0.4 is 0 Å². The zero-order valence-electron chi connectivity index (χ0n) is 13.1. The molecule has 0 amide bonds. The van der Waals surface area contributed by atoms with Crippen LogP contribution in [0.15, 0.2) is 59.6 Å². The molecule has 1 aromatic heterocycles. The summed E-state index contributed by atoms with van der Waals surface area (Å²) in [6.07, 6.45) is 0. The van der Waals surface area contributed by atoms with E-state index >= 15 is 0 Å². The number of imidazole rings is 1. The summed E-state index contributed by atoms with van der Waals surface area (Å²) >= 11 is 0. The highest BCUT2D eigenvalue weighted by molar-refractivity contribution is 6.03. The van der Waals surface area contributed by atoms with Crippen LogP contribution in [0.4, 0.5) is 5.95 Å². The van der Waals surface area contributed by atoms with Crippen LogP contribution in [0.1, 0.15) is 24.2 Å². The van der Waals surface area contributed by atoms with Gasteiger partial charge in [-0.05, 0) is 31.2 Å². The molecule has 23 heavy (non-hydrogen) atoms. The van der Waals surface area contributed by atoms with E-state index in [0.29, 0.717) is 24.0 Å². The molecule has 0 radical (unpaired) electrons. The average molecular weight is 307 g/mol. The van der Waals surface area contributed by atoms with E-state index in [1.165, 1.54) is 4.57 Å². The SMILES string of the molecule is CCO/C(C)=N/c1nc2ccccc2n1C(=O)c1ccccc1. The highest BCUT2D eigenvalue weighted by Gasteiger charge is 2.18. The number of para-hydroxylation sites is 2. The van der Waals surface area contributed by atoms with Crippen LogP contribution in [0.5, 0.6) is 0 Å². The van der Waals surface area contributed by atoms with Crippen LogP contribution in [0.25, 0.3) is 11.0 Å². The van der Waals surface area contributed by atoms with Gasteiger partial charge in [0.05, 0.1) is 17.6 Å². The second-order valence-corrected chi connectivity index (χ2v) is 4.97. The molecule has 3 rings (SSSR count). The van der Waals surface area contributed by atoms with Gasteiger partial charge < -0.3 is 4.74 Å². The predicted molar refractivity (Wildman–Crippen MR) is 90.3 cm³/mol. The van der Waals surface area contributed by atoms with Gasteiger partial charge in [0.2, 0.25) is 5.95 Å². The number of rotatable bonds is 3. The number of aromatic nitrogens is 2. The van der Waals surface area contributed by atoms with Gasteiger partial charge in [-0.1, -0.05) is 30.3 Å².